The first-order chi connectivity index (χ1) is 8.66. The van der Waals surface area contributed by atoms with Gasteiger partial charge in [-0.05, 0) is 30.5 Å². The van der Waals surface area contributed by atoms with Gasteiger partial charge in [0.25, 0.3) is 0 Å². The molecule has 1 radical (unpaired) electrons. The number of piperidine rings is 1. The maximum Gasteiger partial charge on any atom is 0.324 e. The van der Waals surface area contributed by atoms with Crippen LogP contribution in [0.4, 0.5) is 4.79 Å². The van der Waals surface area contributed by atoms with Crippen molar-refractivity contribution in [1.29, 1.82) is 0 Å². The summed E-state index contributed by atoms with van der Waals surface area (Å²) in [6.45, 7) is 0.928. The molecular formula is C13H14BrN2O2. The van der Waals surface area contributed by atoms with Crippen molar-refractivity contribution in [3.63, 3.8) is 0 Å². The zero-order valence-corrected chi connectivity index (χ0v) is 11.4. The molecular weight excluding hydrogens is 296 g/mol. The Morgan fingerprint density at radius 2 is 2.06 bits per heavy atom. The molecule has 95 valence electrons. The molecule has 0 aliphatic carbocycles. The number of hydrogen-bond acceptors (Lipinski definition) is 2. The molecule has 4 nitrogen and oxygen atoms in total. The van der Waals surface area contributed by atoms with Gasteiger partial charge in [-0.25, -0.2) is 4.79 Å². The maximum absolute atomic E-state index is 11.8. The zero-order chi connectivity index (χ0) is 13.0. The molecule has 0 spiro atoms. The lowest BCUT2D eigenvalue weighted by atomic mass is 10.1. The van der Waals surface area contributed by atoms with Crippen LogP contribution in [0.3, 0.4) is 0 Å². The number of urea groups is 1. The van der Waals surface area contributed by atoms with Crippen molar-refractivity contribution in [3.05, 3.63) is 40.7 Å². The summed E-state index contributed by atoms with van der Waals surface area (Å²) >= 11 is 3.35. The van der Waals surface area contributed by atoms with E-state index >= 15 is 0 Å². The maximum atomic E-state index is 11.8. The number of carbonyl (C=O) groups is 2. The van der Waals surface area contributed by atoms with E-state index in [4.69, 9.17) is 0 Å². The standard InChI is InChI=1S/C13H14BrN2O2/c14-11-6-4-10(5-7-11)9-15-13(18)16-8-2-1-3-12(16)17/h3-7H,1-2,8-9H2,(H,15,18). The van der Waals surface area contributed by atoms with Crippen LogP contribution in [0.2, 0.25) is 0 Å². The first kappa shape index (κ1) is 13.1. The van der Waals surface area contributed by atoms with Crippen molar-refractivity contribution in [1.82, 2.24) is 10.2 Å². The number of benzene rings is 1. The third-order valence-electron chi connectivity index (χ3n) is 2.77. The van der Waals surface area contributed by atoms with Gasteiger partial charge in [-0.1, -0.05) is 28.1 Å². The molecule has 0 aromatic heterocycles. The largest absolute Gasteiger partial charge is 0.334 e. The van der Waals surface area contributed by atoms with Crippen LogP contribution in [0.1, 0.15) is 18.4 Å². The monoisotopic (exact) mass is 309 g/mol. The Labute approximate surface area is 114 Å². The average molecular weight is 310 g/mol. The Hall–Kier alpha value is -1.36. The van der Waals surface area contributed by atoms with E-state index in [-0.39, 0.29) is 11.9 Å². The molecule has 0 unspecified atom stereocenters. The highest BCUT2D eigenvalue weighted by molar-refractivity contribution is 9.10. The van der Waals surface area contributed by atoms with E-state index in [1.807, 2.05) is 24.3 Å². The quantitative estimate of drug-likeness (QED) is 0.912. The lowest BCUT2D eigenvalue weighted by molar-refractivity contribution is -0.126. The number of hydrogen-bond donors (Lipinski definition) is 1. The van der Waals surface area contributed by atoms with Crippen molar-refractivity contribution in [2.24, 2.45) is 0 Å². The number of carbonyl (C=O) groups excluding carboxylic acids is 2. The summed E-state index contributed by atoms with van der Waals surface area (Å²) in [5.74, 6) is -0.199. The molecule has 0 atom stereocenters. The van der Waals surface area contributed by atoms with Gasteiger partial charge in [0.15, 0.2) is 0 Å². The second-order valence-corrected chi connectivity index (χ2v) is 5.04. The van der Waals surface area contributed by atoms with E-state index in [1.54, 1.807) is 6.42 Å². The Bertz CT molecular complexity index is 445. The summed E-state index contributed by atoms with van der Waals surface area (Å²) in [6.07, 6.45) is 3.16. The highest BCUT2D eigenvalue weighted by atomic mass is 79.9. The molecule has 1 aliphatic rings. The van der Waals surface area contributed by atoms with Crippen LogP contribution in [-0.4, -0.2) is 23.4 Å². The molecule has 5 heteroatoms. The predicted molar refractivity (Wildman–Crippen MR) is 71.6 cm³/mol. The van der Waals surface area contributed by atoms with Crippen LogP contribution in [-0.2, 0) is 11.3 Å². The van der Waals surface area contributed by atoms with Gasteiger partial charge in [-0.15, -0.1) is 0 Å². The lowest BCUT2D eigenvalue weighted by Crippen LogP contribution is -2.46. The van der Waals surface area contributed by atoms with Crippen LogP contribution < -0.4 is 5.32 Å². The summed E-state index contributed by atoms with van der Waals surface area (Å²) < 4.78 is 0.999. The van der Waals surface area contributed by atoms with Gasteiger partial charge >= 0.3 is 6.03 Å². The molecule has 1 aromatic rings. The topological polar surface area (TPSA) is 49.4 Å². The van der Waals surface area contributed by atoms with Gasteiger partial charge in [-0.3, -0.25) is 9.69 Å². The number of imide groups is 1. The number of nitrogens with one attached hydrogen (secondary N) is 1. The van der Waals surface area contributed by atoms with E-state index in [0.717, 1.165) is 22.9 Å². The predicted octanol–water partition coefficient (Wildman–Crippen LogP) is 2.49. The minimum Gasteiger partial charge on any atom is -0.334 e. The van der Waals surface area contributed by atoms with Gasteiger partial charge in [0.05, 0.1) is 6.42 Å². The van der Waals surface area contributed by atoms with Crippen LogP contribution in [0.15, 0.2) is 28.7 Å². The lowest BCUT2D eigenvalue weighted by Gasteiger charge is -2.24. The number of halogens is 1. The van der Waals surface area contributed by atoms with Gasteiger partial charge in [0.1, 0.15) is 0 Å². The SMILES string of the molecule is O=C1[CH]CCCN1C(=O)NCc1ccc(Br)cc1. The van der Waals surface area contributed by atoms with Crippen molar-refractivity contribution in [2.45, 2.75) is 19.4 Å². The smallest absolute Gasteiger partial charge is 0.324 e. The fourth-order valence-electron chi connectivity index (χ4n) is 1.77. The molecule has 1 heterocycles. The highest BCUT2D eigenvalue weighted by Gasteiger charge is 2.24. The van der Waals surface area contributed by atoms with Crippen LogP contribution in [0, 0.1) is 6.42 Å². The molecule has 2 rings (SSSR count). The fraction of sp³-hybridized carbons (Fsp3) is 0.308. The van der Waals surface area contributed by atoms with Crippen molar-refractivity contribution >= 4 is 27.9 Å². The third kappa shape index (κ3) is 3.32. The minimum atomic E-state index is -0.320. The van der Waals surface area contributed by atoms with Gasteiger partial charge in [0, 0.05) is 17.6 Å². The Balaban J connectivity index is 1.87. The number of likely N-dealkylation sites (tertiary alicyclic amines) is 1. The van der Waals surface area contributed by atoms with E-state index in [2.05, 4.69) is 21.2 Å². The first-order valence-corrected chi connectivity index (χ1v) is 6.63. The average Bonchev–Trinajstić information content (AvgIpc) is 2.38. The normalized spacial score (nSPS) is 15.6. The number of nitrogens with zero attached hydrogens (tertiary/aromatic N) is 1. The second-order valence-electron chi connectivity index (χ2n) is 4.12. The molecule has 1 saturated heterocycles. The molecule has 3 amide bonds. The van der Waals surface area contributed by atoms with E-state index in [1.165, 1.54) is 4.90 Å². The van der Waals surface area contributed by atoms with Crippen LogP contribution >= 0.6 is 15.9 Å². The van der Waals surface area contributed by atoms with Crippen LogP contribution in [0.5, 0.6) is 0 Å². The molecule has 18 heavy (non-hydrogen) atoms. The Kier molecular flexibility index (Phi) is 4.36. The molecule has 0 saturated carbocycles. The Morgan fingerprint density at radius 3 is 2.72 bits per heavy atom. The fourth-order valence-corrected chi connectivity index (χ4v) is 2.04. The molecule has 1 N–H and O–H groups in total. The Morgan fingerprint density at radius 1 is 1.33 bits per heavy atom. The van der Waals surface area contributed by atoms with E-state index < -0.39 is 0 Å². The second kappa shape index (κ2) is 6.00. The van der Waals surface area contributed by atoms with Crippen LogP contribution in [0.25, 0.3) is 0 Å². The highest BCUT2D eigenvalue weighted by Crippen LogP contribution is 2.11. The number of amides is 3. The summed E-state index contributed by atoms with van der Waals surface area (Å²) in [7, 11) is 0. The van der Waals surface area contributed by atoms with E-state index in [9.17, 15) is 9.59 Å². The molecule has 1 aliphatic heterocycles. The van der Waals surface area contributed by atoms with Gasteiger partial charge in [-0.2, -0.15) is 0 Å². The van der Waals surface area contributed by atoms with Crippen molar-refractivity contribution in [3.8, 4) is 0 Å². The minimum absolute atomic E-state index is 0.199. The molecule has 1 aromatic carbocycles. The molecule has 1 fully saturated rings. The van der Waals surface area contributed by atoms with Crippen molar-refractivity contribution in [2.75, 3.05) is 6.54 Å². The summed E-state index contributed by atoms with van der Waals surface area (Å²) in [6, 6.07) is 7.37. The zero-order valence-electron chi connectivity index (χ0n) is 9.86. The summed E-state index contributed by atoms with van der Waals surface area (Å²) in [4.78, 5) is 24.6. The first-order valence-electron chi connectivity index (χ1n) is 5.84. The van der Waals surface area contributed by atoms with Gasteiger partial charge in [0.2, 0.25) is 5.91 Å². The van der Waals surface area contributed by atoms with E-state index in [0.29, 0.717) is 13.1 Å². The number of rotatable bonds is 2. The summed E-state index contributed by atoms with van der Waals surface area (Å²) in [5, 5.41) is 2.75. The third-order valence-corrected chi connectivity index (χ3v) is 3.30. The van der Waals surface area contributed by atoms with Crippen molar-refractivity contribution < 1.29 is 9.59 Å². The van der Waals surface area contributed by atoms with Gasteiger partial charge < -0.3 is 5.32 Å². The molecule has 0 bridgehead atoms. The summed E-state index contributed by atoms with van der Waals surface area (Å²) in [5.41, 5.74) is 1.000.